The second-order valence-electron chi connectivity index (χ2n) is 8.64. The topological polar surface area (TPSA) is 44.0 Å². The molecule has 0 spiro atoms. The average Bonchev–Trinajstić information content (AvgIpc) is 3.43. The molecule has 0 aliphatic carbocycles. The molecule has 0 radical (unpaired) electrons. The highest BCUT2D eigenvalue weighted by Crippen LogP contribution is 2.39. The number of nitrogens with zero attached hydrogens (tertiary/aromatic N) is 2. The molecule has 4 nitrogen and oxygen atoms in total. The van der Waals surface area contributed by atoms with E-state index in [2.05, 4.69) is 28.8 Å². The van der Waals surface area contributed by atoms with Crippen molar-refractivity contribution in [3.05, 3.63) is 121 Å². The van der Waals surface area contributed by atoms with Gasteiger partial charge in [0, 0.05) is 21.5 Å². The molecule has 0 aliphatic heterocycles. The van der Waals surface area contributed by atoms with Gasteiger partial charge in [0.2, 0.25) is 0 Å². The minimum Gasteiger partial charge on any atom is -0.307 e. The van der Waals surface area contributed by atoms with Crippen LogP contribution in [-0.4, -0.2) is 17.0 Å². The van der Waals surface area contributed by atoms with Gasteiger partial charge in [-0.25, -0.2) is 12.4 Å². The summed E-state index contributed by atoms with van der Waals surface area (Å²) >= 11 is 0. The number of fused-ring (bicyclic) bond motifs is 6. The lowest BCUT2D eigenvalue weighted by Gasteiger charge is -2.14. The molecule has 5 heteroatoms. The lowest BCUT2D eigenvalue weighted by Crippen LogP contribution is -2.14. The zero-order valence-electron chi connectivity index (χ0n) is 18.7. The third kappa shape index (κ3) is 2.76. The van der Waals surface area contributed by atoms with E-state index in [0.29, 0.717) is 11.0 Å². The van der Waals surface area contributed by atoms with Crippen molar-refractivity contribution in [1.82, 2.24) is 8.54 Å². The molecule has 2 heterocycles. The molecule has 35 heavy (non-hydrogen) atoms. The van der Waals surface area contributed by atoms with Gasteiger partial charge in [0.15, 0.2) is 0 Å². The molecular weight excluding hydrogens is 452 g/mol. The fourth-order valence-corrected chi connectivity index (χ4v) is 6.83. The Bertz CT molecular complexity index is 1960. The second kappa shape index (κ2) is 7.32. The van der Waals surface area contributed by atoms with Crippen LogP contribution in [0.25, 0.3) is 49.3 Å². The second-order valence-corrected chi connectivity index (χ2v) is 10.4. The van der Waals surface area contributed by atoms with E-state index < -0.39 is 10.0 Å². The molecule has 0 amide bonds. The summed E-state index contributed by atoms with van der Waals surface area (Å²) in [7, 11) is -3.87. The van der Waals surface area contributed by atoms with Crippen LogP contribution in [0, 0.1) is 0 Å². The molecule has 0 saturated heterocycles. The number of rotatable bonds is 3. The molecule has 0 bridgehead atoms. The normalized spacial score (nSPS) is 12.2. The fraction of sp³-hybridized carbons (Fsp3) is 0. The van der Waals surface area contributed by atoms with Gasteiger partial charge in [-0.1, -0.05) is 84.9 Å². The standard InChI is InChI=1S/C30H20N2O2S/c33-35(34,21-11-2-1-3-12-21)32-28-19-9-6-15-24(28)25-16-10-20-29(30(25)32)31-26-17-7-4-13-22(26)23-14-5-8-18-27(23)31/h1-20H. The first-order chi connectivity index (χ1) is 17.2. The van der Waals surface area contributed by atoms with E-state index in [0.717, 1.165) is 38.3 Å². The van der Waals surface area contributed by atoms with Gasteiger partial charge in [-0.15, -0.1) is 0 Å². The van der Waals surface area contributed by atoms with Crippen LogP contribution in [0.15, 0.2) is 126 Å². The lowest BCUT2D eigenvalue weighted by molar-refractivity contribution is 0.590. The van der Waals surface area contributed by atoms with Gasteiger partial charge in [-0.05, 0) is 36.4 Å². The highest BCUT2D eigenvalue weighted by molar-refractivity contribution is 7.90. The summed E-state index contributed by atoms with van der Waals surface area (Å²) in [4.78, 5) is 0.264. The zero-order chi connectivity index (χ0) is 23.6. The number of benzene rings is 5. The molecule has 5 aromatic carbocycles. The summed E-state index contributed by atoms with van der Waals surface area (Å²) in [6.07, 6.45) is 0. The molecule has 0 aliphatic rings. The fourth-order valence-electron chi connectivity index (χ4n) is 5.27. The Kier molecular flexibility index (Phi) is 4.20. The van der Waals surface area contributed by atoms with Crippen molar-refractivity contribution in [3.8, 4) is 5.69 Å². The van der Waals surface area contributed by atoms with Crippen LogP contribution in [0.1, 0.15) is 0 Å². The van der Waals surface area contributed by atoms with Gasteiger partial charge < -0.3 is 4.57 Å². The van der Waals surface area contributed by atoms with Gasteiger partial charge in [0.05, 0.1) is 32.6 Å². The van der Waals surface area contributed by atoms with Crippen LogP contribution in [0.2, 0.25) is 0 Å². The summed E-state index contributed by atoms with van der Waals surface area (Å²) in [6.45, 7) is 0. The molecule has 0 atom stereocenters. The first kappa shape index (κ1) is 20.1. The van der Waals surface area contributed by atoms with E-state index in [1.165, 1.54) is 3.97 Å². The van der Waals surface area contributed by atoms with Crippen LogP contribution in [0.5, 0.6) is 0 Å². The number of aromatic nitrogens is 2. The van der Waals surface area contributed by atoms with Crippen molar-refractivity contribution in [1.29, 1.82) is 0 Å². The summed E-state index contributed by atoms with van der Waals surface area (Å²) in [5.74, 6) is 0. The lowest BCUT2D eigenvalue weighted by atomic mass is 10.1. The molecule has 7 rings (SSSR count). The predicted molar refractivity (Wildman–Crippen MR) is 143 cm³/mol. The number of hydrogen-bond acceptors (Lipinski definition) is 2. The molecule has 0 saturated carbocycles. The third-order valence-electron chi connectivity index (χ3n) is 6.73. The SMILES string of the molecule is O=S(=O)(c1ccccc1)n1c2ccccc2c2cccc(-n3c4ccccc4c4ccccc43)c21. The molecule has 0 N–H and O–H groups in total. The van der Waals surface area contributed by atoms with Gasteiger partial charge >= 0.3 is 0 Å². The van der Waals surface area contributed by atoms with Crippen LogP contribution >= 0.6 is 0 Å². The van der Waals surface area contributed by atoms with Crippen LogP contribution in [-0.2, 0) is 10.0 Å². The summed E-state index contributed by atoms with van der Waals surface area (Å²) in [5.41, 5.74) is 4.24. The van der Waals surface area contributed by atoms with E-state index >= 15 is 0 Å². The monoisotopic (exact) mass is 472 g/mol. The minimum absolute atomic E-state index is 0.264. The van der Waals surface area contributed by atoms with Crippen LogP contribution in [0.3, 0.4) is 0 Å². The van der Waals surface area contributed by atoms with Crippen LogP contribution < -0.4 is 0 Å². The Morgan fingerprint density at radius 2 is 0.943 bits per heavy atom. The van der Waals surface area contributed by atoms with E-state index in [1.807, 2.05) is 72.8 Å². The van der Waals surface area contributed by atoms with Crippen molar-refractivity contribution in [2.24, 2.45) is 0 Å². The van der Waals surface area contributed by atoms with Gasteiger partial charge in [0.1, 0.15) is 0 Å². The van der Waals surface area contributed by atoms with Gasteiger partial charge in [-0.3, -0.25) is 0 Å². The highest BCUT2D eigenvalue weighted by atomic mass is 32.2. The Balaban J connectivity index is 1.71. The molecular formula is C30H20N2O2S. The maximum absolute atomic E-state index is 14.1. The first-order valence-electron chi connectivity index (χ1n) is 11.5. The highest BCUT2D eigenvalue weighted by Gasteiger charge is 2.26. The Labute approximate surface area is 202 Å². The van der Waals surface area contributed by atoms with Gasteiger partial charge in [0.25, 0.3) is 10.0 Å². The predicted octanol–water partition coefficient (Wildman–Crippen LogP) is 7.13. The van der Waals surface area contributed by atoms with E-state index in [1.54, 1.807) is 24.3 Å². The number of hydrogen-bond donors (Lipinski definition) is 0. The summed E-state index contributed by atoms with van der Waals surface area (Å²) in [6, 6.07) is 38.9. The van der Waals surface area contributed by atoms with Crippen molar-refractivity contribution in [3.63, 3.8) is 0 Å². The van der Waals surface area contributed by atoms with Crippen molar-refractivity contribution >= 4 is 53.6 Å². The Morgan fingerprint density at radius 1 is 0.457 bits per heavy atom. The van der Waals surface area contributed by atoms with E-state index in [-0.39, 0.29) is 4.90 Å². The van der Waals surface area contributed by atoms with Crippen molar-refractivity contribution in [2.75, 3.05) is 0 Å². The van der Waals surface area contributed by atoms with Crippen LogP contribution in [0.4, 0.5) is 0 Å². The third-order valence-corrected chi connectivity index (χ3v) is 8.46. The maximum atomic E-state index is 14.1. The quantitative estimate of drug-likeness (QED) is 0.275. The Morgan fingerprint density at radius 3 is 1.57 bits per heavy atom. The number of para-hydroxylation sites is 4. The van der Waals surface area contributed by atoms with E-state index in [9.17, 15) is 8.42 Å². The molecule has 168 valence electrons. The minimum atomic E-state index is -3.87. The average molecular weight is 473 g/mol. The van der Waals surface area contributed by atoms with E-state index in [4.69, 9.17) is 0 Å². The smallest absolute Gasteiger partial charge is 0.268 e. The molecule has 7 aromatic rings. The maximum Gasteiger partial charge on any atom is 0.268 e. The van der Waals surface area contributed by atoms with Crippen molar-refractivity contribution in [2.45, 2.75) is 4.90 Å². The first-order valence-corrected chi connectivity index (χ1v) is 12.9. The largest absolute Gasteiger partial charge is 0.307 e. The molecule has 0 fully saturated rings. The molecule has 0 unspecified atom stereocenters. The Hall–Kier alpha value is -4.35. The summed E-state index contributed by atoms with van der Waals surface area (Å²) < 4.78 is 32.0. The summed E-state index contributed by atoms with van der Waals surface area (Å²) in [5, 5.41) is 4.08. The molecule has 2 aromatic heterocycles. The zero-order valence-corrected chi connectivity index (χ0v) is 19.5. The van der Waals surface area contributed by atoms with Crippen molar-refractivity contribution < 1.29 is 8.42 Å². The van der Waals surface area contributed by atoms with Gasteiger partial charge in [-0.2, -0.15) is 0 Å².